The summed E-state index contributed by atoms with van der Waals surface area (Å²) in [4.78, 5) is 31.3. The molecule has 0 saturated carbocycles. The number of pyridine rings is 1. The molecule has 0 spiro atoms. The SMILES string of the molecule is Cc1c(-c2ccn(C)c2)oc2c(C(C)Nc3ccc(Cl)nc3-c3noc(=O)[nH]3)cc(F)cc2c1=O. The van der Waals surface area contributed by atoms with Crippen LogP contribution in [0.4, 0.5) is 10.1 Å². The van der Waals surface area contributed by atoms with E-state index >= 15 is 0 Å². The number of hydrogen-bond donors (Lipinski definition) is 2. The van der Waals surface area contributed by atoms with Crippen molar-refractivity contribution in [2.75, 3.05) is 5.32 Å². The zero-order chi connectivity index (χ0) is 24.9. The maximum atomic E-state index is 14.6. The lowest BCUT2D eigenvalue weighted by Crippen LogP contribution is -2.13. The number of halogens is 2. The Morgan fingerprint density at radius 3 is 2.71 bits per heavy atom. The van der Waals surface area contributed by atoms with Crippen molar-refractivity contribution in [3.05, 3.63) is 85.6 Å². The van der Waals surface area contributed by atoms with Crippen molar-refractivity contribution in [1.82, 2.24) is 19.7 Å². The molecule has 0 aliphatic heterocycles. The molecule has 1 unspecified atom stereocenters. The molecule has 0 saturated heterocycles. The lowest BCUT2D eigenvalue weighted by Gasteiger charge is -2.19. The molecule has 2 N–H and O–H groups in total. The average Bonchev–Trinajstić information content (AvgIpc) is 3.45. The van der Waals surface area contributed by atoms with E-state index in [1.54, 1.807) is 26.0 Å². The molecule has 0 aliphatic rings. The Bertz CT molecular complexity index is 1700. The van der Waals surface area contributed by atoms with E-state index in [9.17, 15) is 14.0 Å². The van der Waals surface area contributed by atoms with Gasteiger partial charge < -0.3 is 14.3 Å². The van der Waals surface area contributed by atoms with Crippen LogP contribution in [0.25, 0.3) is 33.8 Å². The van der Waals surface area contributed by atoms with E-state index in [0.29, 0.717) is 22.6 Å². The molecule has 0 amide bonds. The van der Waals surface area contributed by atoms with Crippen molar-refractivity contribution in [3.63, 3.8) is 0 Å². The van der Waals surface area contributed by atoms with Crippen molar-refractivity contribution in [2.24, 2.45) is 7.05 Å². The number of rotatable bonds is 5. The summed E-state index contributed by atoms with van der Waals surface area (Å²) in [6.07, 6.45) is 3.68. The Balaban J connectivity index is 1.64. The van der Waals surface area contributed by atoms with Crippen molar-refractivity contribution >= 4 is 28.3 Å². The first-order chi connectivity index (χ1) is 16.7. The summed E-state index contributed by atoms with van der Waals surface area (Å²) in [6.45, 7) is 3.43. The third-order valence-corrected chi connectivity index (χ3v) is 5.88. The van der Waals surface area contributed by atoms with Crippen LogP contribution in [0.1, 0.15) is 24.1 Å². The summed E-state index contributed by atoms with van der Waals surface area (Å²) in [5.41, 5.74) is 2.17. The summed E-state index contributed by atoms with van der Waals surface area (Å²) in [7, 11) is 1.87. The second-order valence-electron chi connectivity index (χ2n) is 8.16. The minimum Gasteiger partial charge on any atom is -0.455 e. The van der Waals surface area contributed by atoms with Gasteiger partial charge in [-0.1, -0.05) is 16.8 Å². The number of anilines is 1. The number of nitrogens with zero attached hydrogens (tertiary/aromatic N) is 3. The average molecular weight is 496 g/mol. The molecular formula is C24H19ClFN5O4. The molecule has 0 fully saturated rings. The molecule has 4 heterocycles. The van der Waals surface area contributed by atoms with E-state index in [2.05, 4.69) is 25.0 Å². The van der Waals surface area contributed by atoms with Crippen LogP contribution in [0, 0.1) is 12.7 Å². The Morgan fingerprint density at radius 1 is 1.23 bits per heavy atom. The number of aromatic amines is 1. The number of fused-ring (bicyclic) bond motifs is 1. The summed E-state index contributed by atoms with van der Waals surface area (Å²) < 4.78 is 27.3. The molecule has 35 heavy (non-hydrogen) atoms. The van der Waals surface area contributed by atoms with Gasteiger partial charge >= 0.3 is 5.76 Å². The Morgan fingerprint density at radius 2 is 2.03 bits per heavy atom. The first kappa shape index (κ1) is 22.6. The molecule has 5 aromatic rings. The summed E-state index contributed by atoms with van der Waals surface area (Å²) in [6, 6.07) is 6.97. The van der Waals surface area contributed by atoms with Crippen LogP contribution in [0.5, 0.6) is 0 Å². The van der Waals surface area contributed by atoms with Crippen molar-refractivity contribution in [3.8, 4) is 22.8 Å². The monoisotopic (exact) mass is 495 g/mol. The van der Waals surface area contributed by atoms with Crippen LogP contribution in [0.2, 0.25) is 5.15 Å². The number of aryl methyl sites for hydroxylation is 1. The van der Waals surface area contributed by atoms with Gasteiger partial charge in [-0.05, 0) is 44.2 Å². The topological polar surface area (TPSA) is 119 Å². The van der Waals surface area contributed by atoms with Crippen molar-refractivity contribution in [1.29, 1.82) is 0 Å². The maximum Gasteiger partial charge on any atom is 0.439 e. The molecule has 4 aromatic heterocycles. The molecule has 5 rings (SSSR count). The van der Waals surface area contributed by atoms with Gasteiger partial charge in [-0.2, -0.15) is 0 Å². The fourth-order valence-electron chi connectivity index (χ4n) is 3.99. The predicted octanol–water partition coefficient (Wildman–Crippen LogP) is 4.81. The van der Waals surface area contributed by atoms with Gasteiger partial charge in [0.1, 0.15) is 28.0 Å². The zero-order valence-electron chi connectivity index (χ0n) is 18.8. The lowest BCUT2D eigenvalue weighted by molar-refractivity contribution is 0.388. The molecule has 0 radical (unpaired) electrons. The number of aromatic nitrogens is 4. The molecule has 1 aromatic carbocycles. The van der Waals surface area contributed by atoms with E-state index in [-0.39, 0.29) is 33.1 Å². The van der Waals surface area contributed by atoms with Gasteiger partial charge in [0, 0.05) is 36.1 Å². The zero-order valence-corrected chi connectivity index (χ0v) is 19.6. The van der Waals surface area contributed by atoms with E-state index in [4.69, 9.17) is 16.0 Å². The third kappa shape index (κ3) is 4.12. The summed E-state index contributed by atoms with van der Waals surface area (Å²) >= 11 is 6.05. The van der Waals surface area contributed by atoms with E-state index in [0.717, 1.165) is 5.56 Å². The molecule has 0 bridgehead atoms. The molecule has 9 nitrogen and oxygen atoms in total. The van der Waals surface area contributed by atoms with Gasteiger partial charge in [0.2, 0.25) is 5.82 Å². The van der Waals surface area contributed by atoms with Crippen LogP contribution in [-0.2, 0) is 7.05 Å². The summed E-state index contributed by atoms with van der Waals surface area (Å²) in [5.74, 6) is -0.833. The maximum absolute atomic E-state index is 14.6. The number of H-pyrrole nitrogens is 1. The Labute approximate surface area is 202 Å². The quantitative estimate of drug-likeness (QED) is 0.336. The van der Waals surface area contributed by atoms with Gasteiger partial charge in [0.25, 0.3) is 0 Å². The van der Waals surface area contributed by atoms with Crippen LogP contribution in [-0.4, -0.2) is 19.7 Å². The predicted molar refractivity (Wildman–Crippen MR) is 129 cm³/mol. The van der Waals surface area contributed by atoms with Crippen LogP contribution in [0.15, 0.2) is 61.3 Å². The first-order valence-corrected chi connectivity index (χ1v) is 11.0. The van der Waals surface area contributed by atoms with E-state index < -0.39 is 17.6 Å². The van der Waals surface area contributed by atoms with E-state index in [1.165, 1.54) is 12.1 Å². The number of nitrogens with one attached hydrogen (secondary N) is 2. The van der Waals surface area contributed by atoms with Gasteiger partial charge in [-0.3, -0.25) is 14.3 Å². The Kier molecular flexibility index (Phi) is 5.52. The second kappa shape index (κ2) is 8.55. The minimum atomic E-state index is -0.748. The highest BCUT2D eigenvalue weighted by Crippen LogP contribution is 2.33. The smallest absolute Gasteiger partial charge is 0.439 e. The highest BCUT2D eigenvalue weighted by Gasteiger charge is 2.22. The second-order valence-corrected chi connectivity index (χ2v) is 8.55. The summed E-state index contributed by atoms with van der Waals surface area (Å²) in [5, 5.41) is 7.21. The highest BCUT2D eigenvalue weighted by atomic mass is 35.5. The molecular weight excluding hydrogens is 477 g/mol. The Hall–Kier alpha value is -4.18. The van der Waals surface area contributed by atoms with Crippen LogP contribution >= 0.6 is 11.6 Å². The van der Waals surface area contributed by atoms with Gasteiger partial charge in [-0.15, -0.1) is 0 Å². The van der Waals surface area contributed by atoms with Crippen LogP contribution < -0.4 is 16.5 Å². The molecule has 0 aliphatic carbocycles. The van der Waals surface area contributed by atoms with Gasteiger partial charge in [0.15, 0.2) is 5.43 Å². The van der Waals surface area contributed by atoms with Gasteiger partial charge in [-0.25, -0.2) is 14.2 Å². The molecule has 178 valence electrons. The standard InChI is InChI=1S/C24H19ClFN5O4/c1-11-20(32)16-9-14(26)8-15(22(16)34-21(11)13-6-7-31(3)10-13)12(2)27-17-4-5-18(25)28-19(17)23-29-24(33)35-30-23/h4-10,12,27H,1-3H3,(H,29,30,33). The largest absolute Gasteiger partial charge is 0.455 e. The fourth-order valence-corrected chi connectivity index (χ4v) is 4.14. The molecule has 11 heteroatoms. The minimum absolute atomic E-state index is 0.0739. The fraction of sp³-hybridized carbons (Fsp3) is 0.167. The van der Waals surface area contributed by atoms with Crippen LogP contribution in [0.3, 0.4) is 0 Å². The van der Waals surface area contributed by atoms with Crippen molar-refractivity contribution in [2.45, 2.75) is 19.9 Å². The number of benzene rings is 1. The molecule has 1 atom stereocenters. The third-order valence-electron chi connectivity index (χ3n) is 5.67. The lowest BCUT2D eigenvalue weighted by atomic mass is 10.0. The van der Waals surface area contributed by atoms with Gasteiger partial charge in [0.05, 0.1) is 17.1 Å². The number of hydrogen-bond acceptors (Lipinski definition) is 7. The highest BCUT2D eigenvalue weighted by molar-refractivity contribution is 6.29. The van der Waals surface area contributed by atoms with Crippen molar-refractivity contribution < 1.29 is 13.3 Å². The van der Waals surface area contributed by atoms with E-state index in [1.807, 2.05) is 30.1 Å². The first-order valence-electron chi connectivity index (χ1n) is 10.6. The normalized spacial score (nSPS) is 12.3.